The molecule has 0 aliphatic carbocycles. The minimum atomic E-state index is -0.852. The number of carbonyl (C=O) groups excluding carboxylic acids is 2. The molecule has 0 aliphatic heterocycles. The number of thioether (sulfide) groups is 1. The van der Waals surface area contributed by atoms with E-state index in [0.717, 1.165) is 24.6 Å². The lowest BCUT2D eigenvalue weighted by Crippen LogP contribution is -2.26. The molecule has 1 unspecified atom stereocenters. The maximum atomic E-state index is 14.1. The molecule has 4 nitrogen and oxygen atoms in total. The average molecular weight is 373 g/mol. The van der Waals surface area contributed by atoms with Crippen LogP contribution in [-0.4, -0.2) is 23.7 Å². The molecule has 0 heterocycles. The smallest absolute Gasteiger partial charge is 0.319 e. The van der Waals surface area contributed by atoms with Gasteiger partial charge in [0.2, 0.25) is 5.91 Å². The van der Waals surface area contributed by atoms with Crippen LogP contribution in [0.15, 0.2) is 17.0 Å². The molecule has 0 bridgehead atoms. The fourth-order valence-corrected chi connectivity index (χ4v) is 3.01. The molecule has 0 spiro atoms. The number of hydrogen-bond acceptors (Lipinski definition) is 4. The number of nitrogens with one attached hydrogen (secondary N) is 1. The summed E-state index contributed by atoms with van der Waals surface area (Å²) in [6.07, 6.45) is 1.84. The lowest BCUT2D eigenvalue weighted by Gasteiger charge is -2.20. The van der Waals surface area contributed by atoms with Crippen LogP contribution < -0.4 is 5.32 Å². The predicted octanol–water partition coefficient (Wildman–Crippen LogP) is 4.77. The predicted molar refractivity (Wildman–Crippen MR) is 95.6 cm³/mol. The normalized spacial score (nSPS) is 12.1. The molecule has 1 aromatic rings. The molecular weight excluding hydrogens is 348 g/mol. The van der Waals surface area contributed by atoms with Crippen LogP contribution in [0, 0.1) is 17.6 Å². The first-order valence-electron chi connectivity index (χ1n) is 8.42. The van der Waals surface area contributed by atoms with Crippen LogP contribution in [0.3, 0.4) is 0 Å². The molecular formula is C18H25F2NO3S. The molecule has 0 saturated carbocycles. The second-order valence-corrected chi connectivity index (χ2v) is 7.15. The number of ether oxygens (including phenoxy) is 1. The molecule has 1 N–H and O–H groups in total. The molecule has 0 aliphatic rings. The maximum absolute atomic E-state index is 14.1. The fraction of sp³-hybridized carbons (Fsp3) is 0.556. The molecule has 1 rings (SSSR count). The van der Waals surface area contributed by atoms with E-state index in [1.807, 2.05) is 20.8 Å². The number of amides is 1. The highest BCUT2D eigenvalue weighted by atomic mass is 32.2. The largest absolute Gasteiger partial charge is 0.465 e. The highest BCUT2D eigenvalue weighted by molar-refractivity contribution is 8.00. The average Bonchev–Trinajstić information content (AvgIpc) is 2.55. The van der Waals surface area contributed by atoms with E-state index in [9.17, 15) is 18.4 Å². The summed E-state index contributed by atoms with van der Waals surface area (Å²) < 4.78 is 33.2. The van der Waals surface area contributed by atoms with E-state index in [-0.39, 0.29) is 28.8 Å². The van der Waals surface area contributed by atoms with Crippen molar-refractivity contribution in [2.45, 2.75) is 57.1 Å². The molecule has 0 radical (unpaired) electrons. The highest BCUT2D eigenvalue weighted by Crippen LogP contribution is 2.34. The Bertz CT molecular complexity index is 608. The zero-order valence-corrected chi connectivity index (χ0v) is 15.8. The van der Waals surface area contributed by atoms with Gasteiger partial charge < -0.3 is 10.1 Å². The monoisotopic (exact) mass is 373 g/mol. The Morgan fingerprint density at radius 2 is 1.88 bits per heavy atom. The van der Waals surface area contributed by atoms with Crippen molar-refractivity contribution in [3.05, 3.63) is 23.8 Å². The molecule has 25 heavy (non-hydrogen) atoms. The third-order valence-corrected chi connectivity index (χ3v) is 5.01. The van der Waals surface area contributed by atoms with Crippen LogP contribution in [0.25, 0.3) is 0 Å². The van der Waals surface area contributed by atoms with E-state index in [2.05, 4.69) is 5.32 Å². The SMILES string of the molecule is CCCCOC(=O)C(Sc1cc(NC(=O)CC)c(F)cc1F)C(C)C. The first-order valence-corrected chi connectivity index (χ1v) is 9.30. The summed E-state index contributed by atoms with van der Waals surface area (Å²) in [5.74, 6) is -2.52. The van der Waals surface area contributed by atoms with Crippen molar-refractivity contribution in [3.63, 3.8) is 0 Å². The maximum Gasteiger partial charge on any atom is 0.319 e. The summed E-state index contributed by atoms with van der Waals surface area (Å²) in [5, 5.41) is 1.77. The lowest BCUT2D eigenvalue weighted by atomic mass is 10.1. The molecule has 0 saturated heterocycles. The zero-order valence-electron chi connectivity index (χ0n) is 15.0. The molecule has 1 atom stereocenters. The lowest BCUT2D eigenvalue weighted by molar-refractivity contribution is -0.143. The van der Waals surface area contributed by atoms with Crippen molar-refractivity contribution in [2.75, 3.05) is 11.9 Å². The van der Waals surface area contributed by atoms with Crippen molar-refractivity contribution < 1.29 is 23.1 Å². The Balaban J connectivity index is 2.98. The topological polar surface area (TPSA) is 55.4 Å². The highest BCUT2D eigenvalue weighted by Gasteiger charge is 2.27. The van der Waals surface area contributed by atoms with Gasteiger partial charge in [-0.05, 0) is 18.4 Å². The van der Waals surface area contributed by atoms with Crippen molar-refractivity contribution >= 4 is 29.3 Å². The fourth-order valence-electron chi connectivity index (χ4n) is 1.95. The van der Waals surface area contributed by atoms with Gasteiger partial charge in [-0.3, -0.25) is 9.59 Å². The Morgan fingerprint density at radius 3 is 2.44 bits per heavy atom. The summed E-state index contributed by atoms with van der Waals surface area (Å²) in [6.45, 7) is 7.61. The van der Waals surface area contributed by atoms with Crippen LogP contribution in [0.2, 0.25) is 0 Å². The Kier molecular flexibility index (Phi) is 8.89. The number of hydrogen-bond donors (Lipinski definition) is 1. The van der Waals surface area contributed by atoms with Gasteiger partial charge in [-0.2, -0.15) is 0 Å². The first kappa shape index (κ1) is 21.4. The number of benzene rings is 1. The zero-order chi connectivity index (χ0) is 19.0. The van der Waals surface area contributed by atoms with Gasteiger partial charge in [-0.25, -0.2) is 8.78 Å². The van der Waals surface area contributed by atoms with Gasteiger partial charge in [-0.1, -0.05) is 34.1 Å². The number of rotatable bonds is 9. The van der Waals surface area contributed by atoms with E-state index < -0.39 is 22.9 Å². The second-order valence-electron chi connectivity index (χ2n) is 5.97. The second kappa shape index (κ2) is 10.4. The van der Waals surface area contributed by atoms with Crippen LogP contribution in [0.1, 0.15) is 47.0 Å². The molecule has 1 amide bonds. The van der Waals surface area contributed by atoms with Crippen molar-refractivity contribution in [1.29, 1.82) is 0 Å². The molecule has 1 aromatic carbocycles. The Hall–Kier alpha value is -1.63. The summed E-state index contributed by atoms with van der Waals surface area (Å²) in [7, 11) is 0. The van der Waals surface area contributed by atoms with Crippen LogP contribution in [0.4, 0.5) is 14.5 Å². The molecule has 0 fully saturated rings. The van der Waals surface area contributed by atoms with E-state index in [4.69, 9.17) is 4.74 Å². The summed E-state index contributed by atoms with van der Waals surface area (Å²) in [6, 6.07) is 1.94. The Labute approximate surface area is 151 Å². The van der Waals surface area contributed by atoms with Gasteiger partial charge in [0, 0.05) is 17.4 Å². The summed E-state index contributed by atoms with van der Waals surface area (Å²) >= 11 is 0.980. The van der Waals surface area contributed by atoms with Crippen LogP contribution >= 0.6 is 11.8 Å². The number of esters is 1. The van der Waals surface area contributed by atoms with Crippen LogP contribution in [0.5, 0.6) is 0 Å². The molecule has 7 heteroatoms. The van der Waals surface area contributed by atoms with Crippen molar-refractivity contribution in [3.8, 4) is 0 Å². The van der Waals surface area contributed by atoms with Gasteiger partial charge in [0.15, 0.2) is 0 Å². The number of halogens is 2. The molecule has 140 valence electrons. The van der Waals surface area contributed by atoms with Gasteiger partial charge in [0.05, 0.1) is 12.3 Å². The molecule has 0 aromatic heterocycles. The van der Waals surface area contributed by atoms with E-state index in [1.54, 1.807) is 6.92 Å². The standard InChI is InChI=1S/C18H25F2NO3S/c1-5-7-8-24-18(23)17(11(3)4)25-15-10-14(21-16(22)6-2)12(19)9-13(15)20/h9-11,17H,5-8H2,1-4H3,(H,21,22). The van der Waals surface area contributed by atoms with Crippen molar-refractivity contribution in [1.82, 2.24) is 0 Å². The number of carbonyl (C=O) groups is 2. The van der Waals surface area contributed by atoms with Gasteiger partial charge >= 0.3 is 5.97 Å². The summed E-state index contributed by atoms with van der Waals surface area (Å²) in [4.78, 5) is 23.8. The first-order chi connectivity index (χ1) is 11.8. The third-order valence-electron chi connectivity index (χ3n) is 3.45. The minimum Gasteiger partial charge on any atom is -0.465 e. The quantitative estimate of drug-likeness (QED) is 0.385. The van der Waals surface area contributed by atoms with E-state index in [1.165, 1.54) is 6.07 Å². The number of unbranched alkanes of at least 4 members (excludes halogenated alkanes) is 1. The van der Waals surface area contributed by atoms with Crippen molar-refractivity contribution in [2.24, 2.45) is 5.92 Å². The van der Waals surface area contributed by atoms with Gasteiger partial charge in [0.25, 0.3) is 0 Å². The van der Waals surface area contributed by atoms with E-state index in [0.29, 0.717) is 12.7 Å². The minimum absolute atomic E-state index is 0.0962. The van der Waals surface area contributed by atoms with Gasteiger partial charge in [0.1, 0.15) is 16.9 Å². The third kappa shape index (κ3) is 6.65. The summed E-state index contributed by atoms with van der Waals surface area (Å²) in [5.41, 5.74) is -0.0994. The van der Waals surface area contributed by atoms with Gasteiger partial charge in [-0.15, -0.1) is 11.8 Å². The number of anilines is 1. The van der Waals surface area contributed by atoms with E-state index >= 15 is 0 Å². The Morgan fingerprint density at radius 1 is 1.20 bits per heavy atom. The van der Waals surface area contributed by atoms with Crippen LogP contribution in [-0.2, 0) is 14.3 Å².